The molecule has 0 aromatic carbocycles. The van der Waals surface area contributed by atoms with E-state index in [2.05, 4.69) is 26.3 Å². The van der Waals surface area contributed by atoms with Crippen molar-refractivity contribution in [2.45, 2.75) is 44.1 Å². The summed E-state index contributed by atoms with van der Waals surface area (Å²) >= 11 is 0. The molecule has 1 aromatic rings. The molecular weight excluding hydrogens is 238 g/mol. The number of nitrogen functional groups attached to an aromatic ring is 1. The molecule has 1 atom stereocenters. The third-order valence-electron chi connectivity index (χ3n) is 4.44. The van der Waals surface area contributed by atoms with Crippen LogP contribution in [0, 0.1) is 0 Å². The van der Waals surface area contributed by atoms with Gasteiger partial charge in [0.25, 0.3) is 0 Å². The first-order chi connectivity index (χ1) is 9.26. The Morgan fingerprint density at radius 2 is 2.05 bits per heavy atom. The number of aromatic nitrogens is 2. The maximum atomic E-state index is 5.90. The smallest absolute Gasteiger partial charge is 0.222 e. The van der Waals surface area contributed by atoms with E-state index in [-0.39, 0.29) is 0 Å². The number of nitrogens with two attached hydrogens (primary N) is 1. The average Bonchev–Trinajstić information content (AvgIpc) is 3.09. The lowest BCUT2D eigenvalue weighted by atomic mass is 10.0. The zero-order valence-electron chi connectivity index (χ0n) is 11.6. The summed E-state index contributed by atoms with van der Waals surface area (Å²) in [6.07, 6.45) is 6.29. The fraction of sp³-hybridized carbons (Fsp3) is 0.714. The van der Waals surface area contributed by atoms with Crippen LogP contribution < -0.4 is 16.0 Å². The van der Waals surface area contributed by atoms with Crippen LogP contribution in [0.1, 0.15) is 43.7 Å². The number of nitrogens with zero attached hydrogens (tertiary/aromatic N) is 3. The van der Waals surface area contributed by atoms with Gasteiger partial charge in [0.15, 0.2) is 0 Å². The van der Waals surface area contributed by atoms with Crippen LogP contribution >= 0.6 is 0 Å². The molecule has 2 fully saturated rings. The highest BCUT2D eigenvalue weighted by molar-refractivity contribution is 5.45. The maximum absolute atomic E-state index is 5.90. The van der Waals surface area contributed by atoms with Gasteiger partial charge in [-0.3, -0.25) is 0 Å². The fourth-order valence-electron chi connectivity index (χ4n) is 3.27. The molecule has 5 nitrogen and oxygen atoms in total. The molecule has 1 aliphatic heterocycles. The van der Waals surface area contributed by atoms with Crippen molar-refractivity contribution in [2.24, 2.45) is 0 Å². The molecule has 104 valence electrons. The van der Waals surface area contributed by atoms with E-state index in [1.54, 1.807) is 0 Å². The standard InChI is InChI=1S/C14H23N5/c1-16-11-6-7-19(9-11)13-8-12(17-14(15)18-13)10-4-2-3-5-10/h8,10-11,16H,2-7,9H2,1H3,(H2,15,17,18)/t11-/m1/s1. The highest BCUT2D eigenvalue weighted by Crippen LogP contribution is 2.34. The van der Waals surface area contributed by atoms with Crippen molar-refractivity contribution in [2.75, 3.05) is 30.8 Å². The van der Waals surface area contributed by atoms with E-state index in [0.717, 1.165) is 24.6 Å². The van der Waals surface area contributed by atoms with Gasteiger partial charge < -0.3 is 16.0 Å². The molecule has 0 amide bonds. The fourth-order valence-corrected chi connectivity index (χ4v) is 3.27. The van der Waals surface area contributed by atoms with Crippen molar-refractivity contribution in [3.8, 4) is 0 Å². The second kappa shape index (κ2) is 5.33. The third kappa shape index (κ3) is 2.66. The van der Waals surface area contributed by atoms with Crippen LogP contribution in [0.3, 0.4) is 0 Å². The number of hydrogen-bond acceptors (Lipinski definition) is 5. The first-order valence-corrected chi connectivity index (χ1v) is 7.33. The second-order valence-electron chi connectivity index (χ2n) is 5.71. The number of rotatable bonds is 3. The van der Waals surface area contributed by atoms with Crippen molar-refractivity contribution in [3.05, 3.63) is 11.8 Å². The molecule has 1 saturated heterocycles. The predicted molar refractivity (Wildman–Crippen MR) is 77.3 cm³/mol. The number of hydrogen-bond donors (Lipinski definition) is 2. The molecular formula is C14H23N5. The number of nitrogens with one attached hydrogen (secondary N) is 1. The summed E-state index contributed by atoms with van der Waals surface area (Å²) in [7, 11) is 2.02. The quantitative estimate of drug-likeness (QED) is 0.863. The minimum absolute atomic E-state index is 0.423. The van der Waals surface area contributed by atoms with Crippen molar-refractivity contribution in [3.63, 3.8) is 0 Å². The largest absolute Gasteiger partial charge is 0.368 e. The average molecular weight is 261 g/mol. The Hall–Kier alpha value is -1.36. The van der Waals surface area contributed by atoms with Crippen LogP contribution in [0.15, 0.2) is 6.07 Å². The highest BCUT2D eigenvalue weighted by atomic mass is 15.2. The van der Waals surface area contributed by atoms with Gasteiger partial charge in [0, 0.05) is 31.1 Å². The highest BCUT2D eigenvalue weighted by Gasteiger charge is 2.25. The van der Waals surface area contributed by atoms with Gasteiger partial charge in [0.1, 0.15) is 5.82 Å². The van der Waals surface area contributed by atoms with E-state index in [0.29, 0.717) is 17.9 Å². The van der Waals surface area contributed by atoms with E-state index < -0.39 is 0 Å². The minimum atomic E-state index is 0.423. The molecule has 2 heterocycles. The molecule has 1 aromatic heterocycles. The molecule has 3 N–H and O–H groups in total. The van der Waals surface area contributed by atoms with Crippen LogP contribution in [0.25, 0.3) is 0 Å². The Morgan fingerprint density at radius 1 is 1.26 bits per heavy atom. The summed E-state index contributed by atoms with van der Waals surface area (Å²) in [5.41, 5.74) is 7.04. The van der Waals surface area contributed by atoms with Crippen LogP contribution in [0.5, 0.6) is 0 Å². The molecule has 19 heavy (non-hydrogen) atoms. The Balaban J connectivity index is 1.81. The van der Waals surface area contributed by atoms with Gasteiger partial charge in [-0.15, -0.1) is 0 Å². The van der Waals surface area contributed by atoms with Crippen LogP contribution in [-0.4, -0.2) is 36.1 Å². The van der Waals surface area contributed by atoms with Gasteiger partial charge in [-0.2, -0.15) is 4.98 Å². The van der Waals surface area contributed by atoms with Gasteiger partial charge in [-0.25, -0.2) is 4.98 Å². The van der Waals surface area contributed by atoms with Crippen LogP contribution in [0.2, 0.25) is 0 Å². The SMILES string of the molecule is CN[C@@H]1CCN(c2cc(C3CCCC3)nc(N)n2)C1. The lowest BCUT2D eigenvalue weighted by Crippen LogP contribution is -2.30. The van der Waals surface area contributed by atoms with Gasteiger partial charge in [0.05, 0.1) is 5.69 Å². The molecule has 3 rings (SSSR count). The van der Waals surface area contributed by atoms with Crippen molar-refractivity contribution < 1.29 is 0 Å². The molecule has 2 aliphatic rings. The van der Waals surface area contributed by atoms with E-state index in [1.165, 1.54) is 32.1 Å². The Bertz CT molecular complexity index is 441. The monoisotopic (exact) mass is 261 g/mol. The molecule has 1 aliphatic carbocycles. The van der Waals surface area contributed by atoms with E-state index in [1.807, 2.05) is 7.05 Å². The Kier molecular flexibility index (Phi) is 3.55. The summed E-state index contributed by atoms with van der Waals surface area (Å²) < 4.78 is 0. The number of anilines is 2. The lowest BCUT2D eigenvalue weighted by Gasteiger charge is -2.19. The molecule has 5 heteroatoms. The first kappa shape index (κ1) is 12.7. The number of likely N-dealkylation sites (N-methyl/N-ethyl adjacent to an activating group) is 1. The van der Waals surface area contributed by atoms with Crippen LogP contribution in [-0.2, 0) is 0 Å². The van der Waals surface area contributed by atoms with Crippen molar-refractivity contribution >= 4 is 11.8 Å². The summed E-state index contributed by atoms with van der Waals surface area (Å²) in [6.45, 7) is 2.06. The lowest BCUT2D eigenvalue weighted by molar-refractivity contribution is 0.616. The van der Waals surface area contributed by atoms with Crippen molar-refractivity contribution in [1.82, 2.24) is 15.3 Å². The second-order valence-corrected chi connectivity index (χ2v) is 5.71. The predicted octanol–water partition coefficient (Wildman–Crippen LogP) is 1.51. The van der Waals surface area contributed by atoms with Crippen LogP contribution in [0.4, 0.5) is 11.8 Å². The maximum Gasteiger partial charge on any atom is 0.222 e. The Labute approximate surface area is 114 Å². The molecule has 1 saturated carbocycles. The van der Waals surface area contributed by atoms with E-state index in [4.69, 9.17) is 5.73 Å². The topological polar surface area (TPSA) is 67.1 Å². The summed E-state index contributed by atoms with van der Waals surface area (Å²) in [5, 5.41) is 3.33. The summed E-state index contributed by atoms with van der Waals surface area (Å²) in [5.74, 6) is 2.02. The summed E-state index contributed by atoms with van der Waals surface area (Å²) in [6, 6.07) is 2.72. The zero-order valence-corrected chi connectivity index (χ0v) is 11.6. The molecule has 0 spiro atoms. The van der Waals surface area contributed by atoms with Gasteiger partial charge in [-0.1, -0.05) is 12.8 Å². The Morgan fingerprint density at radius 3 is 2.74 bits per heavy atom. The van der Waals surface area contributed by atoms with Crippen molar-refractivity contribution in [1.29, 1.82) is 0 Å². The van der Waals surface area contributed by atoms with Gasteiger partial charge >= 0.3 is 0 Å². The minimum Gasteiger partial charge on any atom is -0.368 e. The molecule has 0 bridgehead atoms. The van der Waals surface area contributed by atoms with Gasteiger partial charge in [-0.05, 0) is 26.3 Å². The molecule has 0 unspecified atom stereocenters. The normalized spacial score (nSPS) is 24.3. The third-order valence-corrected chi connectivity index (χ3v) is 4.44. The van der Waals surface area contributed by atoms with E-state index >= 15 is 0 Å². The van der Waals surface area contributed by atoms with Gasteiger partial charge in [0.2, 0.25) is 5.95 Å². The molecule has 0 radical (unpaired) electrons. The summed E-state index contributed by atoms with van der Waals surface area (Å²) in [4.78, 5) is 11.2. The zero-order chi connectivity index (χ0) is 13.2. The first-order valence-electron chi connectivity index (χ1n) is 7.33. The van der Waals surface area contributed by atoms with E-state index in [9.17, 15) is 0 Å².